The Morgan fingerprint density at radius 2 is 2.05 bits per heavy atom. The maximum atomic E-state index is 5.64. The number of fused-ring (bicyclic) bond motifs is 1. The van der Waals surface area contributed by atoms with Gasteiger partial charge >= 0.3 is 0 Å². The maximum absolute atomic E-state index is 5.64. The van der Waals surface area contributed by atoms with Crippen LogP contribution in [0, 0.1) is 0 Å². The Labute approximate surface area is 120 Å². The number of benzene rings is 1. The third-order valence-corrected chi connectivity index (χ3v) is 3.05. The highest BCUT2D eigenvalue weighted by Gasteiger charge is 2.07. The number of ether oxygens (including phenoxy) is 2. The molecule has 0 atom stereocenters. The number of aromatic nitrogens is 1. The predicted octanol–water partition coefficient (Wildman–Crippen LogP) is 3.60. The lowest BCUT2D eigenvalue weighted by Gasteiger charge is -2.12. The van der Waals surface area contributed by atoms with Crippen LogP contribution in [0.5, 0.6) is 5.75 Å². The van der Waals surface area contributed by atoms with Gasteiger partial charge in [-0.1, -0.05) is 6.92 Å². The average molecular weight is 274 g/mol. The van der Waals surface area contributed by atoms with Crippen LogP contribution in [0.3, 0.4) is 0 Å². The van der Waals surface area contributed by atoms with Crippen LogP contribution >= 0.6 is 0 Å². The lowest BCUT2D eigenvalue weighted by atomic mass is 10.1. The van der Waals surface area contributed by atoms with Crippen LogP contribution in [0.1, 0.15) is 25.8 Å². The molecule has 0 spiro atoms. The molecule has 1 aromatic heterocycles. The summed E-state index contributed by atoms with van der Waals surface area (Å²) >= 11 is 0. The van der Waals surface area contributed by atoms with Crippen LogP contribution in [0.25, 0.3) is 10.9 Å². The van der Waals surface area contributed by atoms with Gasteiger partial charge in [-0.2, -0.15) is 0 Å². The molecule has 1 N–H and O–H groups in total. The zero-order valence-electron chi connectivity index (χ0n) is 12.4. The molecule has 0 amide bonds. The van der Waals surface area contributed by atoms with Gasteiger partial charge in [0.25, 0.3) is 0 Å². The maximum Gasteiger partial charge on any atom is 0.132 e. The van der Waals surface area contributed by atoms with Crippen LogP contribution in [-0.2, 0) is 11.3 Å². The standard InChI is InChI=1S/C16H22N2O2/c1-4-8-20-11-13-9-12-6-7-14(19-3)10-15(12)18-16(13)17-5-2/h6-7,9-10H,4-5,8,11H2,1-3H3,(H,17,18). The molecule has 0 aliphatic rings. The first-order valence-electron chi connectivity index (χ1n) is 7.07. The largest absolute Gasteiger partial charge is 0.497 e. The fourth-order valence-corrected chi connectivity index (χ4v) is 2.07. The smallest absolute Gasteiger partial charge is 0.132 e. The minimum atomic E-state index is 0.588. The third kappa shape index (κ3) is 3.39. The molecule has 108 valence electrons. The van der Waals surface area contributed by atoms with Crippen molar-refractivity contribution in [2.75, 3.05) is 25.6 Å². The number of hydrogen-bond acceptors (Lipinski definition) is 4. The molecular weight excluding hydrogens is 252 g/mol. The van der Waals surface area contributed by atoms with Gasteiger partial charge in [-0.15, -0.1) is 0 Å². The topological polar surface area (TPSA) is 43.4 Å². The van der Waals surface area contributed by atoms with E-state index in [9.17, 15) is 0 Å². The summed E-state index contributed by atoms with van der Waals surface area (Å²) in [7, 11) is 1.67. The molecule has 0 fully saturated rings. The molecule has 0 saturated carbocycles. The van der Waals surface area contributed by atoms with Gasteiger partial charge in [0.15, 0.2) is 0 Å². The molecule has 4 nitrogen and oxygen atoms in total. The van der Waals surface area contributed by atoms with Gasteiger partial charge in [-0.25, -0.2) is 4.98 Å². The molecular formula is C16H22N2O2. The summed E-state index contributed by atoms with van der Waals surface area (Å²) in [6, 6.07) is 8.07. The molecule has 20 heavy (non-hydrogen) atoms. The second-order valence-corrected chi connectivity index (χ2v) is 4.64. The molecule has 0 radical (unpaired) electrons. The Morgan fingerprint density at radius 3 is 2.75 bits per heavy atom. The Kier molecular flexibility index (Phi) is 5.18. The highest BCUT2D eigenvalue weighted by Crippen LogP contribution is 2.24. The minimum absolute atomic E-state index is 0.588. The van der Waals surface area contributed by atoms with Crippen molar-refractivity contribution in [3.05, 3.63) is 29.8 Å². The quantitative estimate of drug-likeness (QED) is 0.783. The molecule has 1 heterocycles. The molecule has 2 rings (SSSR count). The van der Waals surface area contributed by atoms with Crippen LogP contribution < -0.4 is 10.1 Å². The highest BCUT2D eigenvalue weighted by atomic mass is 16.5. The fraction of sp³-hybridized carbons (Fsp3) is 0.438. The van der Waals surface area contributed by atoms with E-state index >= 15 is 0 Å². The van der Waals surface area contributed by atoms with E-state index in [0.717, 1.165) is 47.6 Å². The van der Waals surface area contributed by atoms with Crippen LogP contribution in [0.15, 0.2) is 24.3 Å². The van der Waals surface area contributed by atoms with Crippen molar-refractivity contribution in [2.45, 2.75) is 26.9 Å². The number of methoxy groups -OCH3 is 1. The van der Waals surface area contributed by atoms with E-state index in [0.29, 0.717) is 6.61 Å². The van der Waals surface area contributed by atoms with Gasteiger partial charge in [-0.05, 0) is 31.5 Å². The molecule has 0 aliphatic carbocycles. The number of anilines is 1. The Hall–Kier alpha value is -1.81. The fourth-order valence-electron chi connectivity index (χ4n) is 2.07. The zero-order chi connectivity index (χ0) is 14.4. The van der Waals surface area contributed by atoms with Crippen molar-refractivity contribution in [3.8, 4) is 5.75 Å². The molecule has 0 saturated heterocycles. The van der Waals surface area contributed by atoms with Crippen LogP contribution in [0.2, 0.25) is 0 Å². The lowest BCUT2D eigenvalue weighted by molar-refractivity contribution is 0.122. The summed E-state index contributed by atoms with van der Waals surface area (Å²) < 4.78 is 10.9. The molecule has 2 aromatic rings. The molecule has 4 heteroatoms. The van der Waals surface area contributed by atoms with Gasteiger partial charge in [0.2, 0.25) is 0 Å². The van der Waals surface area contributed by atoms with Gasteiger partial charge < -0.3 is 14.8 Å². The highest BCUT2D eigenvalue weighted by molar-refractivity contribution is 5.83. The molecule has 1 aromatic carbocycles. The van der Waals surface area contributed by atoms with E-state index in [1.54, 1.807) is 7.11 Å². The van der Waals surface area contributed by atoms with Gasteiger partial charge in [0.05, 0.1) is 19.2 Å². The second kappa shape index (κ2) is 7.10. The summed E-state index contributed by atoms with van der Waals surface area (Å²) in [5, 5.41) is 4.40. The first-order valence-corrected chi connectivity index (χ1v) is 7.07. The number of nitrogens with one attached hydrogen (secondary N) is 1. The SMILES string of the molecule is CCCOCc1cc2ccc(OC)cc2nc1NCC. The summed E-state index contributed by atoms with van der Waals surface area (Å²) in [5.74, 6) is 1.71. The Morgan fingerprint density at radius 1 is 1.20 bits per heavy atom. The molecule has 0 aliphatic heterocycles. The van der Waals surface area contributed by atoms with Crippen molar-refractivity contribution in [1.29, 1.82) is 0 Å². The first-order chi connectivity index (χ1) is 9.78. The molecule has 0 unspecified atom stereocenters. The van der Waals surface area contributed by atoms with E-state index in [1.165, 1.54) is 0 Å². The Bertz CT molecular complexity index is 570. The van der Waals surface area contributed by atoms with Crippen LogP contribution in [0.4, 0.5) is 5.82 Å². The van der Waals surface area contributed by atoms with Gasteiger partial charge in [-0.3, -0.25) is 0 Å². The van der Waals surface area contributed by atoms with Crippen molar-refractivity contribution in [2.24, 2.45) is 0 Å². The van der Waals surface area contributed by atoms with E-state index < -0.39 is 0 Å². The second-order valence-electron chi connectivity index (χ2n) is 4.64. The summed E-state index contributed by atoms with van der Waals surface area (Å²) in [6.45, 7) is 6.37. The average Bonchev–Trinajstić information content (AvgIpc) is 2.47. The van der Waals surface area contributed by atoms with E-state index in [2.05, 4.69) is 30.2 Å². The number of pyridine rings is 1. The van der Waals surface area contributed by atoms with Crippen LogP contribution in [-0.4, -0.2) is 25.2 Å². The lowest BCUT2D eigenvalue weighted by Crippen LogP contribution is -2.05. The van der Waals surface area contributed by atoms with Crippen molar-refractivity contribution in [1.82, 2.24) is 4.98 Å². The normalized spacial score (nSPS) is 10.8. The summed E-state index contributed by atoms with van der Waals surface area (Å²) in [5.41, 5.74) is 2.03. The van der Waals surface area contributed by atoms with Gasteiger partial charge in [0, 0.05) is 30.2 Å². The van der Waals surface area contributed by atoms with E-state index in [1.807, 2.05) is 18.2 Å². The number of hydrogen-bond donors (Lipinski definition) is 1. The van der Waals surface area contributed by atoms with Crippen molar-refractivity contribution < 1.29 is 9.47 Å². The van der Waals surface area contributed by atoms with Gasteiger partial charge in [0.1, 0.15) is 11.6 Å². The third-order valence-electron chi connectivity index (χ3n) is 3.05. The summed E-state index contributed by atoms with van der Waals surface area (Å²) in [6.07, 6.45) is 1.02. The van der Waals surface area contributed by atoms with Crippen molar-refractivity contribution in [3.63, 3.8) is 0 Å². The number of nitrogens with zero attached hydrogens (tertiary/aromatic N) is 1. The van der Waals surface area contributed by atoms with Crippen molar-refractivity contribution >= 4 is 16.7 Å². The van der Waals surface area contributed by atoms with E-state index in [4.69, 9.17) is 9.47 Å². The minimum Gasteiger partial charge on any atom is -0.497 e. The number of rotatable bonds is 7. The first kappa shape index (κ1) is 14.6. The predicted molar refractivity (Wildman–Crippen MR) is 82.4 cm³/mol. The zero-order valence-corrected chi connectivity index (χ0v) is 12.4. The van der Waals surface area contributed by atoms with E-state index in [-0.39, 0.29) is 0 Å². The summed E-state index contributed by atoms with van der Waals surface area (Å²) in [4.78, 5) is 4.68. The molecule has 0 bridgehead atoms. The Balaban J connectivity index is 2.36. The monoisotopic (exact) mass is 274 g/mol.